The van der Waals surface area contributed by atoms with Crippen LogP contribution in [-0.4, -0.2) is 21.1 Å². The predicted octanol–water partition coefficient (Wildman–Crippen LogP) is 1.47. The Morgan fingerprint density at radius 3 is 2.73 bits per heavy atom. The van der Waals surface area contributed by atoms with Crippen LogP contribution in [0.25, 0.3) is 0 Å². The van der Waals surface area contributed by atoms with Gasteiger partial charge in [-0.05, 0) is 27.7 Å². The number of rotatable bonds is 4. The van der Waals surface area contributed by atoms with E-state index in [1.165, 1.54) is 0 Å². The first-order chi connectivity index (χ1) is 6.97. The Labute approximate surface area is 90.9 Å². The summed E-state index contributed by atoms with van der Waals surface area (Å²) in [5, 5.41) is 12.4. The number of aryl methyl sites for hydroxylation is 1. The van der Waals surface area contributed by atoms with Crippen LogP contribution in [0, 0.1) is 18.3 Å². The first-order valence-electron chi connectivity index (χ1n) is 5.13. The third-order valence-corrected chi connectivity index (χ3v) is 2.26. The Balaban J connectivity index is 2.78. The van der Waals surface area contributed by atoms with Crippen molar-refractivity contribution in [3.05, 3.63) is 18.2 Å². The third-order valence-electron chi connectivity index (χ3n) is 2.26. The van der Waals surface area contributed by atoms with Gasteiger partial charge in [-0.3, -0.25) is 5.32 Å². The number of imidazole rings is 1. The minimum atomic E-state index is -0.542. The molecule has 1 heterocycles. The van der Waals surface area contributed by atoms with Crippen molar-refractivity contribution in [2.45, 2.75) is 45.8 Å². The van der Waals surface area contributed by atoms with Gasteiger partial charge in [0, 0.05) is 18.4 Å². The monoisotopic (exact) mass is 206 g/mol. The Hall–Kier alpha value is -1.34. The molecule has 1 N–H and O–H groups in total. The molecule has 0 bridgehead atoms. The van der Waals surface area contributed by atoms with E-state index < -0.39 is 5.54 Å². The molecule has 0 aliphatic rings. The van der Waals surface area contributed by atoms with Crippen LogP contribution >= 0.6 is 0 Å². The molecular formula is C11H18N4. The SMILES string of the molecule is Cc1nccn1CC(C)(C#N)NC(C)C. The second-order valence-corrected chi connectivity index (χ2v) is 4.35. The fraction of sp³-hybridized carbons (Fsp3) is 0.636. The van der Waals surface area contributed by atoms with Gasteiger partial charge >= 0.3 is 0 Å². The van der Waals surface area contributed by atoms with Gasteiger partial charge in [0.1, 0.15) is 11.4 Å². The van der Waals surface area contributed by atoms with Gasteiger partial charge in [-0.2, -0.15) is 5.26 Å². The lowest BCUT2D eigenvalue weighted by molar-refractivity contribution is 0.355. The normalized spacial score (nSPS) is 14.9. The quantitative estimate of drug-likeness (QED) is 0.811. The van der Waals surface area contributed by atoms with E-state index in [9.17, 15) is 5.26 Å². The molecule has 0 saturated carbocycles. The summed E-state index contributed by atoms with van der Waals surface area (Å²) in [4.78, 5) is 4.14. The summed E-state index contributed by atoms with van der Waals surface area (Å²) >= 11 is 0. The summed E-state index contributed by atoms with van der Waals surface area (Å²) in [5.41, 5.74) is -0.542. The van der Waals surface area contributed by atoms with Gasteiger partial charge in [-0.1, -0.05) is 0 Å². The van der Waals surface area contributed by atoms with Crippen molar-refractivity contribution in [2.24, 2.45) is 0 Å². The van der Waals surface area contributed by atoms with Gasteiger partial charge in [0.25, 0.3) is 0 Å². The summed E-state index contributed by atoms with van der Waals surface area (Å²) in [5.74, 6) is 0.932. The Kier molecular flexibility index (Phi) is 3.48. The zero-order valence-corrected chi connectivity index (χ0v) is 9.78. The van der Waals surface area contributed by atoms with Crippen molar-refractivity contribution in [1.29, 1.82) is 5.26 Å². The maximum absolute atomic E-state index is 9.18. The molecule has 0 saturated heterocycles. The topological polar surface area (TPSA) is 53.6 Å². The molecule has 0 aliphatic carbocycles. The number of nitrogens with one attached hydrogen (secondary N) is 1. The number of hydrogen-bond donors (Lipinski definition) is 1. The first kappa shape index (κ1) is 11.7. The van der Waals surface area contributed by atoms with E-state index >= 15 is 0 Å². The van der Waals surface area contributed by atoms with Crippen LogP contribution in [0.15, 0.2) is 12.4 Å². The molecule has 0 spiro atoms. The van der Waals surface area contributed by atoms with E-state index in [0.29, 0.717) is 12.6 Å². The number of nitriles is 1. The Bertz CT molecular complexity index is 361. The molecule has 1 rings (SSSR count). The highest BCUT2D eigenvalue weighted by molar-refractivity contribution is 5.06. The van der Waals surface area contributed by atoms with Crippen LogP contribution in [0.5, 0.6) is 0 Å². The van der Waals surface area contributed by atoms with Crippen molar-refractivity contribution >= 4 is 0 Å². The number of hydrogen-bond acceptors (Lipinski definition) is 3. The Morgan fingerprint density at radius 1 is 1.67 bits per heavy atom. The molecule has 0 amide bonds. The predicted molar refractivity (Wildman–Crippen MR) is 59.3 cm³/mol. The summed E-state index contributed by atoms with van der Waals surface area (Å²) < 4.78 is 1.98. The van der Waals surface area contributed by atoms with Crippen molar-refractivity contribution < 1.29 is 0 Å². The molecule has 4 heteroatoms. The van der Waals surface area contributed by atoms with Gasteiger partial charge in [-0.15, -0.1) is 0 Å². The highest BCUT2D eigenvalue weighted by atomic mass is 15.1. The lowest BCUT2D eigenvalue weighted by atomic mass is 10.0. The fourth-order valence-corrected chi connectivity index (χ4v) is 1.66. The molecule has 4 nitrogen and oxygen atoms in total. The van der Waals surface area contributed by atoms with Crippen molar-refractivity contribution in [3.8, 4) is 6.07 Å². The van der Waals surface area contributed by atoms with E-state index in [-0.39, 0.29) is 0 Å². The zero-order valence-electron chi connectivity index (χ0n) is 9.78. The molecular weight excluding hydrogens is 188 g/mol. The highest BCUT2D eigenvalue weighted by Crippen LogP contribution is 2.09. The van der Waals surface area contributed by atoms with E-state index in [4.69, 9.17) is 0 Å². The summed E-state index contributed by atoms with van der Waals surface area (Å²) in [6.45, 7) is 8.54. The van der Waals surface area contributed by atoms with Gasteiger partial charge in [0.15, 0.2) is 0 Å². The zero-order chi connectivity index (χ0) is 11.5. The van der Waals surface area contributed by atoms with E-state index in [0.717, 1.165) is 5.82 Å². The summed E-state index contributed by atoms with van der Waals surface area (Å²) in [7, 11) is 0. The van der Waals surface area contributed by atoms with Crippen LogP contribution in [0.4, 0.5) is 0 Å². The van der Waals surface area contributed by atoms with E-state index in [1.54, 1.807) is 6.20 Å². The second-order valence-electron chi connectivity index (χ2n) is 4.35. The lowest BCUT2D eigenvalue weighted by Crippen LogP contribution is -2.48. The smallest absolute Gasteiger partial charge is 0.122 e. The standard InChI is InChI=1S/C11H18N4/c1-9(2)14-11(4,7-12)8-15-6-5-13-10(15)3/h5-6,9,14H,8H2,1-4H3. The first-order valence-corrected chi connectivity index (χ1v) is 5.13. The molecule has 1 aromatic heterocycles. The molecule has 0 fully saturated rings. The maximum Gasteiger partial charge on any atom is 0.122 e. The van der Waals surface area contributed by atoms with Gasteiger partial charge < -0.3 is 4.57 Å². The lowest BCUT2D eigenvalue weighted by Gasteiger charge is -2.26. The molecule has 1 atom stereocenters. The molecule has 1 unspecified atom stereocenters. The maximum atomic E-state index is 9.18. The largest absolute Gasteiger partial charge is 0.332 e. The van der Waals surface area contributed by atoms with Gasteiger partial charge in [-0.25, -0.2) is 4.98 Å². The van der Waals surface area contributed by atoms with Crippen LogP contribution in [-0.2, 0) is 6.54 Å². The molecule has 0 aromatic carbocycles. The fourth-order valence-electron chi connectivity index (χ4n) is 1.66. The van der Waals surface area contributed by atoms with Gasteiger partial charge in [0.05, 0.1) is 12.6 Å². The van der Waals surface area contributed by atoms with E-state index in [1.807, 2.05) is 38.5 Å². The minimum Gasteiger partial charge on any atom is -0.332 e. The average molecular weight is 206 g/mol. The number of nitrogens with zero attached hydrogens (tertiary/aromatic N) is 3. The van der Waals surface area contributed by atoms with Crippen LogP contribution in [0.1, 0.15) is 26.6 Å². The molecule has 0 aliphatic heterocycles. The third kappa shape index (κ3) is 3.07. The van der Waals surface area contributed by atoms with Crippen LogP contribution in [0.3, 0.4) is 0 Å². The summed E-state index contributed by atoms with van der Waals surface area (Å²) in [6, 6.07) is 2.61. The van der Waals surface area contributed by atoms with Crippen molar-refractivity contribution in [1.82, 2.24) is 14.9 Å². The molecule has 15 heavy (non-hydrogen) atoms. The second kappa shape index (κ2) is 4.45. The molecule has 0 radical (unpaired) electrons. The van der Waals surface area contributed by atoms with Crippen LogP contribution < -0.4 is 5.32 Å². The van der Waals surface area contributed by atoms with Crippen LogP contribution in [0.2, 0.25) is 0 Å². The molecule has 1 aromatic rings. The highest BCUT2D eigenvalue weighted by Gasteiger charge is 2.25. The van der Waals surface area contributed by atoms with Gasteiger partial charge in [0.2, 0.25) is 0 Å². The minimum absolute atomic E-state index is 0.290. The summed E-state index contributed by atoms with van der Waals surface area (Å²) in [6.07, 6.45) is 3.65. The van der Waals surface area contributed by atoms with E-state index in [2.05, 4.69) is 16.4 Å². The van der Waals surface area contributed by atoms with Crippen molar-refractivity contribution in [2.75, 3.05) is 0 Å². The number of aromatic nitrogens is 2. The average Bonchev–Trinajstić information content (AvgIpc) is 2.50. The Morgan fingerprint density at radius 2 is 2.33 bits per heavy atom. The van der Waals surface area contributed by atoms with Crippen molar-refractivity contribution in [3.63, 3.8) is 0 Å². The molecule has 82 valence electrons.